The van der Waals surface area contributed by atoms with E-state index in [0.717, 1.165) is 18.4 Å². The van der Waals surface area contributed by atoms with Crippen LogP contribution in [0, 0.1) is 0 Å². The first-order chi connectivity index (χ1) is 13.3. The van der Waals surface area contributed by atoms with E-state index < -0.39 is 11.5 Å². The minimum absolute atomic E-state index is 0.0307. The molecule has 1 heterocycles. The summed E-state index contributed by atoms with van der Waals surface area (Å²) in [6.07, 6.45) is 3.45. The fourth-order valence-electron chi connectivity index (χ4n) is 2.45. The van der Waals surface area contributed by atoms with Gasteiger partial charge in [-0.25, -0.2) is 0 Å². The van der Waals surface area contributed by atoms with E-state index in [-0.39, 0.29) is 17.5 Å². The van der Waals surface area contributed by atoms with Crippen LogP contribution in [-0.4, -0.2) is 55.5 Å². The fraction of sp³-hybridized carbons (Fsp3) is 0.381. The van der Waals surface area contributed by atoms with Crippen LogP contribution in [-0.2, 0) is 6.54 Å². The molecule has 1 saturated carbocycles. The Hall–Kier alpha value is -2.93. The van der Waals surface area contributed by atoms with Gasteiger partial charge in [0.05, 0.1) is 12.1 Å². The van der Waals surface area contributed by atoms with Crippen molar-refractivity contribution in [3.63, 3.8) is 0 Å². The van der Waals surface area contributed by atoms with Crippen LogP contribution in [0.2, 0.25) is 0 Å². The van der Waals surface area contributed by atoms with Crippen LogP contribution in [0.1, 0.15) is 39.1 Å². The molecule has 150 valence electrons. The van der Waals surface area contributed by atoms with Gasteiger partial charge in [-0.2, -0.15) is 0 Å². The molecule has 0 unspecified atom stereocenters. The Morgan fingerprint density at radius 2 is 1.71 bits per heavy atom. The molecule has 1 aliphatic carbocycles. The molecule has 2 N–H and O–H groups in total. The fourth-order valence-corrected chi connectivity index (χ4v) is 2.45. The number of amides is 2. The standard InChI is InChI=1S/C18H19N3O3.C3H9N/c1-19-17(23)15-9-13(16(22)20-14-7-8-14)11-21(18(15)24)10-12-5-3-2-4-6-12;1-4(2)3/h2-6,9,11,14H,7-8,10H2,1H3,(H,19,23)(H,20,22);1-3H3. The Balaban J connectivity index is 0.000000640. The van der Waals surface area contributed by atoms with Crippen molar-refractivity contribution in [3.05, 3.63) is 69.6 Å². The minimum Gasteiger partial charge on any atom is -0.355 e. The van der Waals surface area contributed by atoms with Gasteiger partial charge in [-0.1, -0.05) is 30.3 Å². The second kappa shape index (κ2) is 9.85. The zero-order valence-corrected chi connectivity index (χ0v) is 16.9. The summed E-state index contributed by atoms with van der Waals surface area (Å²) < 4.78 is 1.40. The molecule has 1 aromatic heterocycles. The van der Waals surface area contributed by atoms with Crippen LogP contribution in [0.4, 0.5) is 0 Å². The first-order valence-corrected chi connectivity index (χ1v) is 9.24. The smallest absolute Gasteiger partial charge is 0.263 e. The van der Waals surface area contributed by atoms with E-state index in [2.05, 4.69) is 10.6 Å². The van der Waals surface area contributed by atoms with Crippen molar-refractivity contribution in [1.82, 2.24) is 20.1 Å². The molecule has 2 amide bonds. The highest BCUT2D eigenvalue weighted by molar-refractivity contribution is 5.99. The average Bonchev–Trinajstić information content (AvgIpc) is 3.47. The van der Waals surface area contributed by atoms with E-state index in [9.17, 15) is 14.4 Å². The Labute approximate surface area is 165 Å². The maximum Gasteiger partial charge on any atom is 0.263 e. The summed E-state index contributed by atoms with van der Waals surface area (Å²) in [6.45, 7) is 0.300. The molecule has 1 aliphatic rings. The quantitative estimate of drug-likeness (QED) is 0.815. The summed E-state index contributed by atoms with van der Waals surface area (Å²) >= 11 is 0. The van der Waals surface area contributed by atoms with Gasteiger partial charge in [0, 0.05) is 19.3 Å². The average molecular weight is 384 g/mol. The molecule has 0 saturated heterocycles. The van der Waals surface area contributed by atoms with Crippen molar-refractivity contribution in [1.29, 1.82) is 0 Å². The molecule has 0 spiro atoms. The summed E-state index contributed by atoms with van der Waals surface area (Å²) in [4.78, 5) is 38.9. The lowest BCUT2D eigenvalue weighted by Crippen LogP contribution is -2.34. The molecule has 0 radical (unpaired) electrons. The number of hydrogen-bond acceptors (Lipinski definition) is 4. The molecule has 1 aromatic carbocycles. The zero-order valence-electron chi connectivity index (χ0n) is 16.9. The second-order valence-corrected chi connectivity index (χ2v) is 7.23. The van der Waals surface area contributed by atoms with Crippen LogP contribution < -0.4 is 16.2 Å². The van der Waals surface area contributed by atoms with Gasteiger partial charge in [-0.15, -0.1) is 0 Å². The van der Waals surface area contributed by atoms with E-state index >= 15 is 0 Å². The lowest BCUT2D eigenvalue weighted by atomic mass is 10.1. The minimum atomic E-state index is -0.497. The number of benzene rings is 1. The Bertz CT molecular complexity index is 868. The van der Waals surface area contributed by atoms with Crippen LogP contribution in [0.3, 0.4) is 0 Å². The van der Waals surface area contributed by atoms with Crippen molar-refractivity contribution in [3.8, 4) is 0 Å². The van der Waals surface area contributed by atoms with Gasteiger partial charge < -0.3 is 20.1 Å². The van der Waals surface area contributed by atoms with E-state index in [1.54, 1.807) is 0 Å². The molecule has 0 bridgehead atoms. The van der Waals surface area contributed by atoms with Crippen molar-refractivity contribution in [2.75, 3.05) is 28.2 Å². The van der Waals surface area contributed by atoms with Gasteiger partial charge >= 0.3 is 0 Å². The van der Waals surface area contributed by atoms with Gasteiger partial charge in [0.1, 0.15) is 5.56 Å². The molecule has 0 atom stereocenters. The topological polar surface area (TPSA) is 83.4 Å². The Morgan fingerprint density at radius 3 is 2.25 bits per heavy atom. The van der Waals surface area contributed by atoms with E-state index in [4.69, 9.17) is 0 Å². The monoisotopic (exact) mass is 384 g/mol. The number of nitrogens with one attached hydrogen (secondary N) is 2. The highest BCUT2D eigenvalue weighted by atomic mass is 16.2. The maximum absolute atomic E-state index is 12.6. The summed E-state index contributed by atoms with van der Waals surface area (Å²) in [5.74, 6) is -0.757. The highest BCUT2D eigenvalue weighted by Gasteiger charge is 2.25. The number of aromatic nitrogens is 1. The van der Waals surface area contributed by atoms with Crippen molar-refractivity contribution in [2.24, 2.45) is 0 Å². The lowest BCUT2D eigenvalue weighted by Gasteiger charge is -2.11. The maximum atomic E-state index is 12.6. The number of rotatable bonds is 5. The number of carbonyl (C=O) groups is 2. The molecular weight excluding hydrogens is 356 g/mol. The number of pyridine rings is 1. The SMILES string of the molecule is CN(C)C.CNC(=O)c1cc(C(=O)NC2CC2)cn(Cc2ccccc2)c1=O. The first kappa shape index (κ1) is 21.4. The van der Waals surface area contributed by atoms with E-state index in [1.165, 1.54) is 23.9 Å². The largest absolute Gasteiger partial charge is 0.355 e. The van der Waals surface area contributed by atoms with Crippen LogP contribution in [0.15, 0.2) is 47.4 Å². The molecule has 1 fully saturated rings. The summed E-state index contributed by atoms with van der Waals surface area (Å²) in [7, 11) is 7.46. The normalized spacial score (nSPS) is 12.8. The molecule has 0 aliphatic heterocycles. The lowest BCUT2D eigenvalue weighted by molar-refractivity contribution is 0.0950. The third kappa shape index (κ3) is 6.35. The predicted octanol–water partition coefficient (Wildman–Crippen LogP) is 1.33. The van der Waals surface area contributed by atoms with Crippen LogP contribution in [0.25, 0.3) is 0 Å². The molecule has 28 heavy (non-hydrogen) atoms. The summed E-state index contributed by atoms with van der Waals surface area (Å²) in [5, 5.41) is 5.33. The van der Waals surface area contributed by atoms with Crippen LogP contribution >= 0.6 is 0 Å². The summed E-state index contributed by atoms with van der Waals surface area (Å²) in [6, 6.07) is 11.0. The van der Waals surface area contributed by atoms with Crippen molar-refractivity contribution < 1.29 is 9.59 Å². The van der Waals surface area contributed by atoms with Gasteiger partial charge in [0.2, 0.25) is 0 Å². The Kier molecular flexibility index (Phi) is 7.52. The third-order valence-electron chi connectivity index (χ3n) is 3.93. The van der Waals surface area contributed by atoms with E-state index in [1.807, 2.05) is 56.4 Å². The van der Waals surface area contributed by atoms with Gasteiger partial charge in [0.15, 0.2) is 0 Å². The van der Waals surface area contributed by atoms with Gasteiger partial charge in [0.25, 0.3) is 17.4 Å². The number of nitrogens with zero attached hydrogens (tertiary/aromatic N) is 2. The summed E-state index contributed by atoms with van der Waals surface area (Å²) in [5.41, 5.74) is 0.788. The van der Waals surface area contributed by atoms with Gasteiger partial charge in [-0.3, -0.25) is 14.4 Å². The molecule has 7 nitrogen and oxygen atoms in total. The number of hydrogen-bond donors (Lipinski definition) is 2. The van der Waals surface area contributed by atoms with Gasteiger partial charge in [-0.05, 0) is 45.6 Å². The van der Waals surface area contributed by atoms with Crippen molar-refractivity contribution >= 4 is 11.8 Å². The van der Waals surface area contributed by atoms with Crippen molar-refractivity contribution in [2.45, 2.75) is 25.4 Å². The Morgan fingerprint density at radius 1 is 1.11 bits per heavy atom. The second-order valence-electron chi connectivity index (χ2n) is 7.23. The first-order valence-electron chi connectivity index (χ1n) is 9.24. The van der Waals surface area contributed by atoms with Crippen LogP contribution in [0.5, 0.6) is 0 Å². The van der Waals surface area contributed by atoms with E-state index in [0.29, 0.717) is 12.1 Å². The predicted molar refractivity (Wildman–Crippen MR) is 110 cm³/mol. The molecular formula is C21H28N4O3. The number of carbonyl (C=O) groups excluding carboxylic acids is 2. The highest BCUT2D eigenvalue weighted by Crippen LogP contribution is 2.19. The molecule has 2 aromatic rings. The zero-order chi connectivity index (χ0) is 20.7. The molecule has 3 rings (SSSR count). The third-order valence-corrected chi connectivity index (χ3v) is 3.93. The molecule has 7 heteroatoms.